The fraction of sp³-hybridized carbons (Fsp3) is 0.200. The van der Waals surface area contributed by atoms with E-state index in [1.165, 1.54) is 4.90 Å². The summed E-state index contributed by atoms with van der Waals surface area (Å²) in [7, 11) is 0. The predicted octanol–water partition coefficient (Wildman–Crippen LogP) is 4.97. The molecular weight excluding hydrogens is 510 g/mol. The molecule has 8 rings (SSSR count). The number of carbonyl (C=O) groups is 3. The second-order valence-corrected chi connectivity index (χ2v) is 11.1. The Morgan fingerprint density at radius 1 is 0.756 bits per heavy atom. The van der Waals surface area contributed by atoms with Gasteiger partial charge in [0.15, 0.2) is 0 Å². The number of aryl methyl sites for hydroxylation is 1. The average Bonchev–Trinajstić information content (AvgIpc) is 3.27. The molecule has 6 heteroatoms. The Balaban J connectivity index is 1.29. The number of imide groups is 1. The Bertz CT molecular complexity index is 1630. The summed E-state index contributed by atoms with van der Waals surface area (Å²) in [6, 6.07) is 35.6. The lowest BCUT2D eigenvalue weighted by Gasteiger charge is -2.52. The molecule has 3 amide bonds. The normalized spacial score (nSPS) is 23.8. The van der Waals surface area contributed by atoms with E-state index < -0.39 is 17.3 Å². The van der Waals surface area contributed by atoms with Crippen LogP contribution in [0.2, 0.25) is 0 Å². The van der Waals surface area contributed by atoms with Gasteiger partial charge in [0.1, 0.15) is 0 Å². The van der Waals surface area contributed by atoms with E-state index in [0.717, 1.165) is 33.4 Å². The minimum atomic E-state index is -0.989. The van der Waals surface area contributed by atoms with Gasteiger partial charge < -0.3 is 0 Å². The van der Waals surface area contributed by atoms with Crippen molar-refractivity contribution in [3.63, 3.8) is 0 Å². The molecule has 1 N–H and O–H groups in total. The molecule has 3 aliphatic carbocycles. The zero-order valence-electron chi connectivity index (χ0n) is 22.4. The van der Waals surface area contributed by atoms with Crippen LogP contribution in [-0.4, -0.2) is 28.8 Å². The standard InChI is InChI=1S/C35H29N3O3/c39-29(20-19-23-11-3-1-4-12-23)37-36-22-35-27-17-9-7-15-25(27)30(26-16-8-10-18-28(26)35)31-32(35)34(41)38(33(31)40)21-24-13-5-2-6-14-24/h1-18,22,30-32H,19-21H2,(H,37,39)/b36-22-/t30?,31-,32-,35?/m0/s1. The van der Waals surface area contributed by atoms with Gasteiger partial charge in [0, 0.05) is 18.6 Å². The van der Waals surface area contributed by atoms with E-state index in [4.69, 9.17) is 0 Å². The fourth-order valence-corrected chi connectivity index (χ4v) is 7.20. The Morgan fingerprint density at radius 3 is 1.95 bits per heavy atom. The lowest BCUT2D eigenvalue weighted by molar-refractivity contribution is -0.140. The monoisotopic (exact) mass is 539 g/mol. The van der Waals surface area contributed by atoms with E-state index in [1.54, 1.807) is 6.21 Å². The van der Waals surface area contributed by atoms with Crippen molar-refractivity contribution in [2.24, 2.45) is 16.9 Å². The zero-order valence-corrected chi connectivity index (χ0v) is 22.4. The highest BCUT2D eigenvalue weighted by atomic mass is 16.2. The highest BCUT2D eigenvalue weighted by Gasteiger charge is 2.67. The van der Waals surface area contributed by atoms with E-state index in [-0.39, 0.29) is 36.6 Å². The van der Waals surface area contributed by atoms with Crippen LogP contribution in [0, 0.1) is 11.8 Å². The number of amides is 3. The lowest BCUT2D eigenvalue weighted by atomic mass is 9.47. The van der Waals surface area contributed by atoms with Crippen LogP contribution in [0.4, 0.5) is 0 Å². The van der Waals surface area contributed by atoms with Crippen molar-refractivity contribution < 1.29 is 14.4 Å². The summed E-state index contributed by atoms with van der Waals surface area (Å²) >= 11 is 0. The summed E-state index contributed by atoms with van der Waals surface area (Å²) in [6.45, 7) is 0.231. The highest BCUT2D eigenvalue weighted by Crippen LogP contribution is 2.63. The van der Waals surface area contributed by atoms with Gasteiger partial charge >= 0.3 is 0 Å². The molecular formula is C35H29N3O3. The molecule has 41 heavy (non-hydrogen) atoms. The molecule has 0 saturated carbocycles. The van der Waals surface area contributed by atoms with E-state index in [0.29, 0.717) is 6.42 Å². The molecule has 0 spiro atoms. The summed E-state index contributed by atoms with van der Waals surface area (Å²) in [5.41, 5.74) is 7.73. The maximum atomic E-state index is 14.3. The van der Waals surface area contributed by atoms with Crippen molar-refractivity contribution in [2.75, 3.05) is 0 Å². The van der Waals surface area contributed by atoms with E-state index >= 15 is 0 Å². The summed E-state index contributed by atoms with van der Waals surface area (Å²) < 4.78 is 0. The number of hydrazone groups is 1. The topological polar surface area (TPSA) is 78.8 Å². The first-order valence-electron chi connectivity index (χ1n) is 14.0. The number of hydrogen-bond acceptors (Lipinski definition) is 4. The van der Waals surface area contributed by atoms with Crippen LogP contribution in [0.3, 0.4) is 0 Å². The third-order valence-electron chi connectivity index (χ3n) is 8.90. The van der Waals surface area contributed by atoms with Crippen LogP contribution in [0.5, 0.6) is 0 Å². The Morgan fingerprint density at radius 2 is 1.32 bits per heavy atom. The van der Waals surface area contributed by atoms with Gasteiger partial charge in [-0.15, -0.1) is 0 Å². The maximum absolute atomic E-state index is 14.3. The average molecular weight is 540 g/mol. The summed E-state index contributed by atoms with van der Waals surface area (Å²) in [6.07, 6.45) is 2.61. The molecule has 6 nitrogen and oxygen atoms in total. The van der Waals surface area contributed by atoms with Crippen molar-refractivity contribution in [3.8, 4) is 0 Å². The molecule has 1 saturated heterocycles. The van der Waals surface area contributed by atoms with Gasteiger partial charge in [0.2, 0.25) is 17.7 Å². The molecule has 2 bridgehead atoms. The van der Waals surface area contributed by atoms with Gasteiger partial charge in [0.25, 0.3) is 0 Å². The van der Waals surface area contributed by atoms with Gasteiger partial charge in [-0.1, -0.05) is 109 Å². The molecule has 4 aromatic carbocycles. The van der Waals surface area contributed by atoms with Gasteiger partial charge in [-0.25, -0.2) is 5.43 Å². The number of rotatable bonds is 7. The molecule has 2 atom stereocenters. The van der Waals surface area contributed by atoms with Crippen LogP contribution in [0.15, 0.2) is 114 Å². The van der Waals surface area contributed by atoms with Crippen LogP contribution in [0.1, 0.15) is 45.7 Å². The first-order chi connectivity index (χ1) is 20.1. The molecule has 0 radical (unpaired) electrons. The van der Waals surface area contributed by atoms with Gasteiger partial charge in [-0.05, 0) is 39.8 Å². The van der Waals surface area contributed by atoms with E-state index in [1.807, 2.05) is 97.1 Å². The van der Waals surface area contributed by atoms with Crippen molar-refractivity contribution in [1.29, 1.82) is 0 Å². The Kier molecular flexibility index (Phi) is 6.11. The van der Waals surface area contributed by atoms with Gasteiger partial charge in [-0.2, -0.15) is 5.10 Å². The fourth-order valence-electron chi connectivity index (χ4n) is 7.20. The highest BCUT2D eigenvalue weighted by molar-refractivity contribution is 6.11. The predicted molar refractivity (Wildman–Crippen MR) is 156 cm³/mol. The molecule has 202 valence electrons. The Labute approximate surface area is 238 Å². The number of benzene rings is 4. The number of hydrogen-bond donors (Lipinski definition) is 1. The molecule has 0 unspecified atom stereocenters. The number of nitrogens with one attached hydrogen (secondary N) is 1. The third-order valence-corrected chi connectivity index (χ3v) is 8.90. The van der Waals surface area contributed by atoms with Crippen molar-refractivity contribution >= 4 is 23.9 Å². The number of carbonyl (C=O) groups excluding carboxylic acids is 3. The maximum Gasteiger partial charge on any atom is 0.240 e. The zero-order chi connectivity index (χ0) is 28.0. The summed E-state index contributed by atoms with van der Waals surface area (Å²) in [5, 5.41) is 4.49. The molecule has 1 heterocycles. The minimum absolute atomic E-state index is 0.150. The summed E-state index contributed by atoms with van der Waals surface area (Å²) in [5.74, 6) is -1.97. The quantitative estimate of drug-likeness (QED) is 0.205. The van der Waals surface area contributed by atoms with Crippen LogP contribution >= 0.6 is 0 Å². The number of nitrogens with zero attached hydrogens (tertiary/aromatic N) is 2. The lowest BCUT2D eigenvalue weighted by Crippen LogP contribution is -2.54. The SMILES string of the molecule is O=C(CCc1ccccc1)N/N=C\C12c3ccccc3C(c3ccccc31)[C@@H]1C(=O)N(Cc3ccccc3)C(=O)[C@H]12. The van der Waals surface area contributed by atoms with Crippen molar-refractivity contribution in [2.45, 2.75) is 30.7 Å². The van der Waals surface area contributed by atoms with E-state index in [9.17, 15) is 14.4 Å². The first-order valence-corrected chi connectivity index (χ1v) is 14.0. The second kappa shape index (κ2) is 9.97. The smallest absolute Gasteiger partial charge is 0.240 e. The molecule has 4 aliphatic rings. The van der Waals surface area contributed by atoms with Gasteiger partial charge in [-0.3, -0.25) is 19.3 Å². The third kappa shape index (κ3) is 3.93. The van der Waals surface area contributed by atoms with Crippen molar-refractivity contribution in [3.05, 3.63) is 143 Å². The summed E-state index contributed by atoms with van der Waals surface area (Å²) in [4.78, 5) is 42.6. The van der Waals surface area contributed by atoms with Gasteiger partial charge in [0.05, 0.1) is 23.8 Å². The molecule has 1 fully saturated rings. The molecule has 0 aromatic heterocycles. The first kappa shape index (κ1) is 25.1. The minimum Gasteiger partial charge on any atom is -0.278 e. The molecule has 1 aliphatic heterocycles. The van der Waals surface area contributed by atoms with E-state index in [2.05, 4.69) is 22.7 Å². The van der Waals surface area contributed by atoms with Crippen LogP contribution < -0.4 is 5.43 Å². The number of likely N-dealkylation sites (tertiary alicyclic amines) is 1. The largest absolute Gasteiger partial charge is 0.278 e. The van der Waals surface area contributed by atoms with Crippen molar-refractivity contribution in [1.82, 2.24) is 10.3 Å². The second-order valence-electron chi connectivity index (χ2n) is 11.1. The Hall–Kier alpha value is -4.84. The molecule has 4 aromatic rings. The van der Waals surface area contributed by atoms with Crippen LogP contribution in [-0.2, 0) is 32.8 Å². The van der Waals surface area contributed by atoms with Crippen LogP contribution in [0.25, 0.3) is 0 Å².